The van der Waals surface area contributed by atoms with Crippen molar-refractivity contribution in [2.45, 2.75) is 51.9 Å². The van der Waals surface area contributed by atoms with E-state index in [1.165, 1.54) is 32.1 Å². The summed E-state index contributed by atoms with van der Waals surface area (Å²) in [4.78, 5) is 13.2. The summed E-state index contributed by atoms with van der Waals surface area (Å²) in [6, 6.07) is 0. The standard InChI is InChI=1S/C12H24ClNO/c1-3-4-5-6-7-8-9-12(15)14(2)11-10-13/h3-11H2,1-2H3. The Hall–Kier alpha value is -0.240. The Bertz CT molecular complexity index is 162. The minimum atomic E-state index is 0.228. The summed E-state index contributed by atoms with van der Waals surface area (Å²) in [6.07, 6.45) is 8.05. The van der Waals surface area contributed by atoms with Gasteiger partial charge in [-0.1, -0.05) is 39.0 Å². The van der Waals surface area contributed by atoms with Gasteiger partial charge in [-0.15, -0.1) is 11.6 Å². The van der Waals surface area contributed by atoms with Crippen LogP contribution in [0.5, 0.6) is 0 Å². The molecule has 0 rings (SSSR count). The fourth-order valence-corrected chi connectivity index (χ4v) is 1.75. The average Bonchev–Trinajstić information content (AvgIpc) is 2.23. The largest absolute Gasteiger partial charge is 0.345 e. The maximum Gasteiger partial charge on any atom is 0.222 e. The lowest BCUT2D eigenvalue weighted by atomic mass is 10.1. The van der Waals surface area contributed by atoms with Gasteiger partial charge < -0.3 is 4.90 Å². The van der Waals surface area contributed by atoms with Gasteiger partial charge in [0.25, 0.3) is 0 Å². The molecule has 0 unspecified atom stereocenters. The Balaban J connectivity index is 3.30. The highest BCUT2D eigenvalue weighted by molar-refractivity contribution is 6.18. The van der Waals surface area contributed by atoms with E-state index in [2.05, 4.69) is 6.92 Å². The van der Waals surface area contributed by atoms with Crippen molar-refractivity contribution >= 4 is 17.5 Å². The normalized spacial score (nSPS) is 10.3. The molecule has 0 aromatic heterocycles. The van der Waals surface area contributed by atoms with Gasteiger partial charge in [0.15, 0.2) is 0 Å². The van der Waals surface area contributed by atoms with Crippen LogP contribution in [0.2, 0.25) is 0 Å². The van der Waals surface area contributed by atoms with Crippen LogP contribution in [0.25, 0.3) is 0 Å². The van der Waals surface area contributed by atoms with Gasteiger partial charge in [-0.05, 0) is 6.42 Å². The molecule has 1 amide bonds. The number of amides is 1. The number of rotatable bonds is 9. The molecule has 0 radical (unpaired) electrons. The Labute approximate surface area is 99.0 Å². The van der Waals surface area contributed by atoms with Crippen molar-refractivity contribution in [2.75, 3.05) is 19.5 Å². The number of carbonyl (C=O) groups excluding carboxylic acids is 1. The first-order valence-corrected chi connectivity index (χ1v) is 6.55. The van der Waals surface area contributed by atoms with Crippen LogP contribution in [0, 0.1) is 0 Å². The molecule has 0 aliphatic heterocycles. The molecule has 0 aliphatic carbocycles. The van der Waals surface area contributed by atoms with Gasteiger partial charge in [-0.25, -0.2) is 0 Å². The Morgan fingerprint density at radius 1 is 1.13 bits per heavy atom. The zero-order chi connectivity index (χ0) is 11.5. The summed E-state index contributed by atoms with van der Waals surface area (Å²) in [7, 11) is 1.82. The average molecular weight is 234 g/mol. The second kappa shape index (κ2) is 10.3. The Morgan fingerprint density at radius 2 is 1.73 bits per heavy atom. The summed E-state index contributed by atoms with van der Waals surface area (Å²) >= 11 is 5.57. The van der Waals surface area contributed by atoms with Gasteiger partial charge in [-0.3, -0.25) is 4.79 Å². The van der Waals surface area contributed by atoms with Crippen LogP contribution in [0.4, 0.5) is 0 Å². The van der Waals surface area contributed by atoms with Gasteiger partial charge in [0.05, 0.1) is 0 Å². The number of nitrogens with zero attached hydrogens (tertiary/aromatic N) is 1. The highest BCUT2D eigenvalue weighted by Gasteiger charge is 2.06. The molecule has 0 saturated carbocycles. The molecule has 0 fully saturated rings. The molecule has 90 valence electrons. The topological polar surface area (TPSA) is 20.3 Å². The number of alkyl halides is 1. The third-order valence-corrected chi connectivity index (χ3v) is 2.76. The van der Waals surface area contributed by atoms with Gasteiger partial charge in [0.2, 0.25) is 5.91 Å². The number of hydrogen-bond donors (Lipinski definition) is 0. The van der Waals surface area contributed by atoms with E-state index in [1.807, 2.05) is 7.05 Å². The second-order valence-corrected chi connectivity index (χ2v) is 4.40. The van der Waals surface area contributed by atoms with Gasteiger partial charge in [0.1, 0.15) is 0 Å². The molecule has 0 aromatic rings. The molecule has 2 nitrogen and oxygen atoms in total. The van der Waals surface area contributed by atoms with Crippen LogP contribution < -0.4 is 0 Å². The monoisotopic (exact) mass is 233 g/mol. The van der Waals surface area contributed by atoms with Crippen molar-refractivity contribution < 1.29 is 4.79 Å². The van der Waals surface area contributed by atoms with Crippen molar-refractivity contribution in [1.82, 2.24) is 4.90 Å². The third-order valence-electron chi connectivity index (χ3n) is 2.59. The minimum Gasteiger partial charge on any atom is -0.345 e. The van der Waals surface area contributed by atoms with Crippen molar-refractivity contribution in [3.8, 4) is 0 Å². The van der Waals surface area contributed by atoms with E-state index >= 15 is 0 Å². The lowest BCUT2D eigenvalue weighted by molar-refractivity contribution is -0.129. The van der Waals surface area contributed by atoms with Crippen LogP contribution in [-0.4, -0.2) is 30.3 Å². The summed E-state index contributed by atoms with van der Waals surface area (Å²) in [5, 5.41) is 0. The molecule has 0 atom stereocenters. The molecule has 15 heavy (non-hydrogen) atoms. The van der Waals surface area contributed by atoms with Crippen molar-refractivity contribution in [3.63, 3.8) is 0 Å². The summed E-state index contributed by atoms with van der Waals surface area (Å²) < 4.78 is 0. The molecule has 0 N–H and O–H groups in total. The predicted octanol–water partition coefficient (Wildman–Crippen LogP) is 3.43. The van der Waals surface area contributed by atoms with E-state index in [0.29, 0.717) is 18.8 Å². The maximum atomic E-state index is 11.5. The van der Waals surface area contributed by atoms with Crippen LogP contribution in [-0.2, 0) is 4.79 Å². The first kappa shape index (κ1) is 14.8. The maximum absolute atomic E-state index is 11.5. The molecule has 3 heteroatoms. The van der Waals surface area contributed by atoms with Crippen molar-refractivity contribution in [3.05, 3.63) is 0 Å². The second-order valence-electron chi connectivity index (χ2n) is 4.02. The van der Waals surface area contributed by atoms with E-state index < -0.39 is 0 Å². The van der Waals surface area contributed by atoms with Crippen LogP contribution in [0.1, 0.15) is 51.9 Å². The van der Waals surface area contributed by atoms with Crippen molar-refractivity contribution in [1.29, 1.82) is 0 Å². The van der Waals surface area contributed by atoms with Gasteiger partial charge in [0, 0.05) is 25.9 Å². The van der Waals surface area contributed by atoms with Gasteiger partial charge >= 0.3 is 0 Å². The fraction of sp³-hybridized carbons (Fsp3) is 0.917. The summed E-state index contributed by atoms with van der Waals surface area (Å²) in [6.45, 7) is 2.88. The highest BCUT2D eigenvalue weighted by atomic mass is 35.5. The molecule has 0 heterocycles. The molecular formula is C12H24ClNO. The van der Waals surface area contributed by atoms with Crippen LogP contribution in [0.3, 0.4) is 0 Å². The van der Waals surface area contributed by atoms with E-state index in [4.69, 9.17) is 11.6 Å². The van der Waals surface area contributed by atoms with E-state index in [9.17, 15) is 4.79 Å². The molecule has 0 aromatic carbocycles. The lowest BCUT2D eigenvalue weighted by Crippen LogP contribution is -2.28. The first-order valence-electron chi connectivity index (χ1n) is 6.02. The Morgan fingerprint density at radius 3 is 2.33 bits per heavy atom. The molecule has 0 saturated heterocycles. The minimum absolute atomic E-state index is 0.228. The van der Waals surface area contributed by atoms with Crippen LogP contribution >= 0.6 is 11.6 Å². The first-order chi connectivity index (χ1) is 7.22. The molecule has 0 aliphatic rings. The number of unbranched alkanes of at least 4 members (excludes halogenated alkanes) is 5. The zero-order valence-corrected chi connectivity index (χ0v) is 10.9. The van der Waals surface area contributed by atoms with E-state index in [1.54, 1.807) is 4.90 Å². The number of halogens is 1. The smallest absolute Gasteiger partial charge is 0.222 e. The SMILES string of the molecule is CCCCCCCCC(=O)N(C)CCCl. The highest BCUT2D eigenvalue weighted by Crippen LogP contribution is 2.07. The molecule has 0 bridgehead atoms. The fourth-order valence-electron chi connectivity index (χ4n) is 1.50. The molecular weight excluding hydrogens is 210 g/mol. The quantitative estimate of drug-likeness (QED) is 0.441. The lowest BCUT2D eigenvalue weighted by Gasteiger charge is -2.15. The summed E-state index contributed by atoms with van der Waals surface area (Å²) in [5.41, 5.74) is 0. The number of carbonyl (C=O) groups is 1. The summed E-state index contributed by atoms with van der Waals surface area (Å²) in [5.74, 6) is 0.754. The van der Waals surface area contributed by atoms with Crippen molar-refractivity contribution in [2.24, 2.45) is 0 Å². The number of hydrogen-bond acceptors (Lipinski definition) is 1. The van der Waals surface area contributed by atoms with Crippen LogP contribution in [0.15, 0.2) is 0 Å². The predicted molar refractivity (Wildman–Crippen MR) is 66.4 cm³/mol. The van der Waals surface area contributed by atoms with E-state index in [-0.39, 0.29) is 5.91 Å². The van der Waals surface area contributed by atoms with E-state index in [0.717, 1.165) is 6.42 Å². The van der Waals surface area contributed by atoms with Gasteiger partial charge in [-0.2, -0.15) is 0 Å². The third kappa shape index (κ3) is 8.73. The zero-order valence-electron chi connectivity index (χ0n) is 10.1. The molecule has 0 spiro atoms. The Kier molecular flexibility index (Phi) is 10.1.